The fourth-order valence-corrected chi connectivity index (χ4v) is 2.12. The first kappa shape index (κ1) is 12.1. The minimum atomic E-state index is 0.0331. The molecule has 1 saturated heterocycles. The summed E-state index contributed by atoms with van der Waals surface area (Å²) in [5.74, 6) is 0.247. The van der Waals surface area contributed by atoms with Crippen molar-refractivity contribution in [2.45, 2.75) is 25.9 Å². The Balaban J connectivity index is 2.00. The van der Waals surface area contributed by atoms with Crippen molar-refractivity contribution < 1.29 is 9.53 Å². The minimum absolute atomic E-state index is 0.0331. The summed E-state index contributed by atoms with van der Waals surface area (Å²) < 4.78 is 5.73. The van der Waals surface area contributed by atoms with Crippen molar-refractivity contribution in [1.29, 1.82) is 0 Å². The number of carbonyl (C=O) groups excluding carboxylic acids is 1. The van der Waals surface area contributed by atoms with E-state index in [-0.39, 0.29) is 12.0 Å². The lowest BCUT2D eigenvalue weighted by atomic mass is 10.1. The Kier molecular flexibility index (Phi) is 4.15. The van der Waals surface area contributed by atoms with Gasteiger partial charge in [-0.1, -0.05) is 37.3 Å². The standard InChI is InChI=1S/C14H19NO2/c1-2-6-14(16)15-9-10-17-13(11-15)12-7-4-3-5-8-12/h3-5,7-8,13H,2,6,9-11H2,1H3/t13-/m1/s1. The van der Waals surface area contributed by atoms with Crippen LogP contribution in [0.1, 0.15) is 31.4 Å². The number of carbonyl (C=O) groups is 1. The lowest BCUT2D eigenvalue weighted by Crippen LogP contribution is -2.42. The molecule has 1 aliphatic rings. The molecule has 1 aliphatic heterocycles. The highest BCUT2D eigenvalue weighted by Gasteiger charge is 2.24. The lowest BCUT2D eigenvalue weighted by molar-refractivity contribution is -0.139. The fourth-order valence-electron chi connectivity index (χ4n) is 2.12. The quantitative estimate of drug-likeness (QED) is 0.802. The van der Waals surface area contributed by atoms with E-state index in [2.05, 4.69) is 12.1 Å². The summed E-state index contributed by atoms with van der Waals surface area (Å²) in [5.41, 5.74) is 1.15. The highest BCUT2D eigenvalue weighted by Crippen LogP contribution is 2.22. The van der Waals surface area contributed by atoms with Crippen molar-refractivity contribution in [3.63, 3.8) is 0 Å². The molecular weight excluding hydrogens is 214 g/mol. The number of hydrogen-bond acceptors (Lipinski definition) is 2. The van der Waals surface area contributed by atoms with E-state index >= 15 is 0 Å². The second-order valence-corrected chi connectivity index (χ2v) is 4.36. The molecule has 1 aromatic carbocycles. The molecular formula is C14H19NO2. The highest BCUT2D eigenvalue weighted by atomic mass is 16.5. The second-order valence-electron chi connectivity index (χ2n) is 4.36. The number of nitrogens with zero attached hydrogens (tertiary/aromatic N) is 1. The predicted octanol–water partition coefficient (Wildman–Crippen LogP) is 2.39. The highest BCUT2D eigenvalue weighted by molar-refractivity contribution is 5.76. The van der Waals surface area contributed by atoms with Crippen LogP contribution in [0.4, 0.5) is 0 Å². The van der Waals surface area contributed by atoms with E-state index in [9.17, 15) is 4.79 Å². The fraction of sp³-hybridized carbons (Fsp3) is 0.500. The number of hydrogen-bond donors (Lipinski definition) is 0. The van der Waals surface area contributed by atoms with Crippen LogP contribution in [0, 0.1) is 0 Å². The van der Waals surface area contributed by atoms with E-state index in [1.165, 1.54) is 0 Å². The van der Waals surface area contributed by atoms with E-state index in [1.807, 2.05) is 30.0 Å². The molecule has 2 rings (SSSR count). The smallest absolute Gasteiger partial charge is 0.222 e. The third-order valence-electron chi connectivity index (χ3n) is 3.05. The van der Waals surface area contributed by atoms with E-state index in [0.29, 0.717) is 19.6 Å². The van der Waals surface area contributed by atoms with E-state index in [1.54, 1.807) is 0 Å². The normalized spacial score (nSPS) is 20.3. The summed E-state index contributed by atoms with van der Waals surface area (Å²) in [4.78, 5) is 13.8. The van der Waals surface area contributed by atoms with E-state index in [0.717, 1.165) is 18.5 Å². The summed E-state index contributed by atoms with van der Waals surface area (Å²) in [5, 5.41) is 0. The predicted molar refractivity (Wildman–Crippen MR) is 66.6 cm³/mol. The van der Waals surface area contributed by atoms with Crippen LogP contribution < -0.4 is 0 Å². The molecule has 1 fully saturated rings. The van der Waals surface area contributed by atoms with Gasteiger partial charge in [0, 0.05) is 13.0 Å². The average Bonchev–Trinajstić information content (AvgIpc) is 2.40. The molecule has 92 valence electrons. The minimum Gasteiger partial charge on any atom is -0.370 e. The van der Waals surface area contributed by atoms with Crippen LogP contribution in [0.2, 0.25) is 0 Å². The number of amides is 1. The molecule has 1 aromatic rings. The summed E-state index contributed by atoms with van der Waals surface area (Å²) in [6, 6.07) is 10.1. The lowest BCUT2D eigenvalue weighted by Gasteiger charge is -2.33. The first-order chi connectivity index (χ1) is 8.31. The zero-order chi connectivity index (χ0) is 12.1. The largest absolute Gasteiger partial charge is 0.370 e. The Hall–Kier alpha value is -1.35. The van der Waals surface area contributed by atoms with Gasteiger partial charge in [0.2, 0.25) is 5.91 Å². The third-order valence-corrected chi connectivity index (χ3v) is 3.05. The van der Waals surface area contributed by atoms with Crippen molar-refractivity contribution in [1.82, 2.24) is 4.90 Å². The third kappa shape index (κ3) is 3.07. The van der Waals surface area contributed by atoms with Gasteiger partial charge < -0.3 is 9.64 Å². The molecule has 0 bridgehead atoms. The van der Waals surface area contributed by atoms with Gasteiger partial charge in [0.15, 0.2) is 0 Å². The van der Waals surface area contributed by atoms with Crippen molar-refractivity contribution in [2.75, 3.05) is 19.7 Å². The maximum atomic E-state index is 11.8. The Bertz CT molecular complexity index is 364. The number of benzene rings is 1. The molecule has 0 N–H and O–H groups in total. The summed E-state index contributed by atoms with van der Waals surface area (Å²) in [6.45, 7) is 4.08. The van der Waals surface area contributed by atoms with Crippen LogP contribution in [0.15, 0.2) is 30.3 Å². The van der Waals surface area contributed by atoms with Crippen LogP contribution in [0.3, 0.4) is 0 Å². The van der Waals surface area contributed by atoms with Crippen molar-refractivity contribution >= 4 is 5.91 Å². The van der Waals surface area contributed by atoms with Gasteiger partial charge in [0.25, 0.3) is 0 Å². The molecule has 0 aliphatic carbocycles. The van der Waals surface area contributed by atoms with Crippen LogP contribution in [0.25, 0.3) is 0 Å². The maximum absolute atomic E-state index is 11.8. The molecule has 1 heterocycles. The Labute approximate surface area is 102 Å². The zero-order valence-corrected chi connectivity index (χ0v) is 10.3. The summed E-state index contributed by atoms with van der Waals surface area (Å²) in [7, 11) is 0. The van der Waals surface area contributed by atoms with Crippen LogP contribution in [-0.2, 0) is 9.53 Å². The topological polar surface area (TPSA) is 29.5 Å². The van der Waals surface area contributed by atoms with Gasteiger partial charge >= 0.3 is 0 Å². The summed E-state index contributed by atoms with van der Waals surface area (Å²) >= 11 is 0. The van der Waals surface area contributed by atoms with Crippen LogP contribution in [-0.4, -0.2) is 30.5 Å². The zero-order valence-electron chi connectivity index (χ0n) is 10.3. The van der Waals surface area contributed by atoms with Crippen molar-refractivity contribution in [3.05, 3.63) is 35.9 Å². The molecule has 17 heavy (non-hydrogen) atoms. The van der Waals surface area contributed by atoms with Gasteiger partial charge in [-0.25, -0.2) is 0 Å². The Morgan fingerprint density at radius 1 is 1.41 bits per heavy atom. The number of rotatable bonds is 3. The van der Waals surface area contributed by atoms with Crippen LogP contribution >= 0.6 is 0 Å². The van der Waals surface area contributed by atoms with Gasteiger partial charge in [-0.15, -0.1) is 0 Å². The number of morpholine rings is 1. The molecule has 3 nitrogen and oxygen atoms in total. The number of ether oxygens (including phenoxy) is 1. The summed E-state index contributed by atoms with van der Waals surface area (Å²) in [6.07, 6.45) is 1.58. The molecule has 0 saturated carbocycles. The molecule has 1 atom stereocenters. The molecule has 3 heteroatoms. The first-order valence-corrected chi connectivity index (χ1v) is 6.25. The molecule has 0 radical (unpaired) electrons. The molecule has 0 spiro atoms. The average molecular weight is 233 g/mol. The second kappa shape index (κ2) is 5.82. The van der Waals surface area contributed by atoms with Gasteiger partial charge in [-0.2, -0.15) is 0 Å². The molecule has 1 amide bonds. The van der Waals surface area contributed by atoms with Gasteiger partial charge in [0.05, 0.1) is 13.2 Å². The maximum Gasteiger partial charge on any atom is 0.222 e. The molecule has 0 unspecified atom stereocenters. The van der Waals surface area contributed by atoms with Gasteiger partial charge in [0.1, 0.15) is 6.10 Å². The van der Waals surface area contributed by atoms with E-state index in [4.69, 9.17) is 4.74 Å². The van der Waals surface area contributed by atoms with Gasteiger partial charge in [-0.05, 0) is 12.0 Å². The SMILES string of the molecule is CCCC(=O)N1CCO[C@@H](c2ccccc2)C1. The molecule has 0 aromatic heterocycles. The Morgan fingerprint density at radius 3 is 2.88 bits per heavy atom. The first-order valence-electron chi connectivity index (χ1n) is 6.25. The van der Waals surface area contributed by atoms with Crippen molar-refractivity contribution in [3.8, 4) is 0 Å². The van der Waals surface area contributed by atoms with Gasteiger partial charge in [-0.3, -0.25) is 4.79 Å². The van der Waals surface area contributed by atoms with Crippen LogP contribution in [0.5, 0.6) is 0 Å². The monoisotopic (exact) mass is 233 g/mol. The van der Waals surface area contributed by atoms with Crippen molar-refractivity contribution in [2.24, 2.45) is 0 Å². The van der Waals surface area contributed by atoms with E-state index < -0.39 is 0 Å². The Morgan fingerprint density at radius 2 is 2.18 bits per heavy atom.